The SMILES string of the molecule is CCCCCCCCCCCCCCCCCCC(CCCCCCCCC)c1[nH]cc[n+]1C(C)CCCC. The number of aromatic amines is 1. The molecule has 0 saturated heterocycles. The largest absolute Gasteiger partial charge is 0.257 e. The Morgan fingerprint density at radius 2 is 0.846 bits per heavy atom. The zero-order chi connectivity index (χ0) is 28.2. The smallest absolute Gasteiger partial charge is 0.247 e. The third kappa shape index (κ3) is 19.8. The van der Waals surface area contributed by atoms with Gasteiger partial charge in [-0.05, 0) is 32.6 Å². The lowest BCUT2D eigenvalue weighted by Gasteiger charge is -2.17. The van der Waals surface area contributed by atoms with Gasteiger partial charge in [-0.2, -0.15) is 0 Å². The van der Waals surface area contributed by atoms with Crippen molar-refractivity contribution >= 4 is 0 Å². The van der Waals surface area contributed by atoms with Gasteiger partial charge in [-0.1, -0.05) is 175 Å². The quantitative estimate of drug-likeness (QED) is 0.0732. The molecule has 2 unspecified atom stereocenters. The molecule has 0 fully saturated rings. The van der Waals surface area contributed by atoms with Crippen LogP contribution in [0.25, 0.3) is 0 Å². The van der Waals surface area contributed by atoms with E-state index >= 15 is 0 Å². The summed E-state index contributed by atoms with van der Waals surface area (Å²) in [5, 5.41) is 0. The summed E-state index contributed by atoms with van der Waals surface area (Å²) in [6.07, 6.45) is 44.3. The average molecular weight is 546 g/mol. The van der Waals surface area contributed by atoms with Crippen LogP contribution >= 0.6 is 0 Å². The first-order chi connectivity index (χ1) is 19.2. The van der Waals surface area contributed by atoms with Gasteiger partial charge < -0.3 is 0 Å². The molecule has 1 aromatic heterocycles. The van der Waals surface area contributed by atoms with Gasteiger partial charge in [-0.15, -0.1) is 0 Å². The topological polar surface area (TPSA) is 19.7 Å². The summed E-state index contributed by atoms with van der Waals surface area (Å²) in [5.41, 5.74) is 0. The van der Waals surface area contributed by atoms with Crippen LogP contribution in [0, 0.1) is 0 Å². The Labute approximate surface area is 246 Å². The molecule has 1 aromatic rings. The van der Waals surface area contributed by atoms with E-state index in [1.54, 1.807) is 0 Å². The maximum atomic E-state index is 3.70. The molecule has 0 aliphatic heterocycles. The van der Waals surface area contributed by atoms with Gasteiger partial charge in [-0.25, -0.2) is 9.55 Å². The summed E-state index contributed by atoms with van der Waals surface area (Å²) in [4.78, 5) is 3.70. The van der Waals surface area contributed by atoms with Crippen LogP contribution in [0.3, 0.4) is 0 Å². The maximum absolute atomic E-state index is 3.70. The van der Waals surface area contributed by atoms with Crippen molar-refractivity contribution in [3.63, 3.8) is 0 Å². The van der Waals surface area contributed by atoms with E-state index in [4.69, 9.17) is 0 Å². The third-order valence-corrected chi connectivity index (χ3v) is 9.14. The van der Waals surface area contributed by atoms with Gasteiger partial charge in [0.25, 0.3) is 5.82 Å². The van der Waals surface area contributed by atoms with Gasteiger partial charge in [0.1, 0.15) is 12.4 Å². The fraction of sp³-hybridized carbons (Fsp3) is 0.919. The van der Waals surface area contributed by atoms with Crippen LogP contribution < -0.4 is 4.57 Å². The second-order valence-corrected chi connectivity index (χ2v) is 12.9. The van der Waals surface area contributed by atoms with Gasteiger partial charge in [0.2, 0.25) is 0 Å². The van der Waals surface area contributed by atoms with E-state index in [9.17, 15) is 0 Å². The lowest BCUT2D eigenvalue weighted by molar-refractivity contribution is -0.727. The van der Waals surface area contributed by atoms with E-state index in [0.717, 1.165) is 0 Å². The minimum Gasteiger partial charge on any atom is -0.247 e. The van der Waals surface area contributed by atoms with Gasteiger partial charge >= 0.3 is 0 Å². The summed E-state index contributed by atoms with van der Waals surface area (Å²) in [7, 11) is 0. The highest BCUT2D eigenvalue weighted by Crippen LogP contribution is 2.27. The molecule has 2 atom stereocenters. The van der Waals surface area contributed by atoms with Gasteiger partial charge in [0, 0.05) is 0 Å². The van der Waals surface area contributed by atoms with Crippen molar-refractivity contribution in [2.45, 2.75) is 219 Å². The van der Waals surface area contributed by atoms with Crippen LogP contribution in [0.2, 0.25) is 0 Å². The molecule has 1 rings (SSSR count). The molecule has 0 saturated carbocycles. The fourth-order valence-corrected chi connectivity index (χ4v) is 6.41. The highest BCUT2D eigenvalue weighted by atomic mass is 15.1. The average Bonchev–Trinajstić information content (AvgIpc) is 3.44. The van der Waals surface area contributed by atoms with Gasteiger partial charge in [0.05, 0.1) is 12.0 Å². The predicted molar refractivity (Wildman–Crippen MR) is 175 cm³/mol. The molecule has 0 spiro atoms. The molecule has 0 aliphatic carbocycles. The molecule has 0 amide bonds. The maximum Gasteiger partial charge on any atom is 0.257 e. The second-order valence-electron chi connectivity index (χ2n) is 12.9. The van der Waals surface area contributed by atoms with Crippen LogP contribution in [0.15, 0.2) is 12.4 Å². The van der Waals surface area contributed by atoms with Crippen molar-refractivity contribution < 1.29 is 4.57 Å². The first-order valence-electron chi connectivity index (χ1n) is 18.3. The van der Waals surface area contributed by atoms with Gasteiger partial charge in [-0.3, -0.25) is 0 Å². The van der Waals surface area contributed by atoms with E-state index in [0.29, 0.717) is 12.0 Å². The van der Waals surface area contributed by atoms with E-state index in [-0.39, 0.29) is 0 Å². The minimum absolute atomic E-state index is 0.619. The number of H-pyrrole nitrogens is 1. The van der Waals surface area contributed by atoms with E-state index in [2.05, 4.69) is 49.6 Å². The first kappa shape index (κ1) is 36.2. The van der Waals surface area contributed by atoms with Crippen LogP contribution in [0.1, 0.15) is 225 Å². The summed E-state index contributed by atoms with van der Waals surface area (Å²) in [6, 6.07) is 0.619. The second kappa shape index (κ2) is 27.4. The lowest BCUT2D eigenvalue weighted by atomic mass is 9.92. The fourth-order valence-electron chi connectivity index (χ4n) is 6.41. The highest BCUT2D eigenvalue weighted by Gasteiger charge is 2.25. The van der Waals surface area contributed by atoms with E-state index in [1.807, 2.05) is 0 Å². The summed E-state index contributed by atoms with van der Waals surface area (Å²) >= 11 is 0. The molecule has 2 heteroatoms. The van der Waals surface area contributed by atoms with Crippen molar-refractivity contribution in [1.82, 2.24) is 4.98 Å². The van der Waals surface area contributed by atoms with E-state index in [1.165, 1.54) is 186 Å². The highest BCUT2D eigenvalue weighted by molar-refractivity contribution is 4.90. The van der Waals surface area contributed by atoms with E-state index < -0.39 is 0 Å². The Balaban J connectivity index is 2.24. The number of nitrogens with zero attached hydrogens (tertiary/aromatic N) is 1. The Kier molecular flexibility index (Phi) is 25.4. The van der Waals surface area contributed by atoms with Crippen molar-refractivity contribution in [3.8, 4) is 0 Å². The first-order valence-corrected chi connectivity index (χ1v) is 18.3. The minimum atomic E-state index is 0.619. The van der Waals surface area contributed by atoms with Crippen molar-refractivity contribution in [2.24, 2.45) is 0 Å². The zero-order valence-electron chi connectivity index (χ0n) is 27.6. The molecule has 1 N–H and O–H groups in total. The van der Waals surface area contributed by atoms with Crippen molar-refractivity contribution in [3.05, 3.63) is 18.2 Å². The Hall–Kier alpha value is -0.790. The molecule has 2 nitrogen and oxygen atoms in total. The molecule has 1 heterocycles. The lowest BCUT2D eigenvalue weighted by Crippen LogP contribution is -2.41. The Morgan fingerprint density at radius 3 is 1.23 bits per heavy atom. The summed E-state index contributed by atoms with van der Waals surface area (Å²) in [6.45, 7) is 9.36. The van der Waals surface area contributed by atoms with Crippen molar-refractivity contribution in [1.29, 1.82) is 0 Å². The number of hydrogen-bond acceptors (Lipinski definition) is 0. The number of nitrogens with one attached hydrogen (secondary N) is 1. The number of aromatic nitrogens is 2. The predicted octanol–water partition coefficient (Wildman–Crippen LogP) is 12.9. The molecule has 0 radical (unpaired) electrons. The third-order valence-electron chi connectivity index (χ3n) is 9.14. The zero-order valence-corrected chi connectivity index (χ0v) is 27.6. The van der Waals surface area contributed by atoms with Crippen LogP contribution in [0.4, 0.5) is 0 Å². The monoisotopic (exact) mass is 546 g/mol. The molecular formula is C37H73N2+. The molecule has 0 aromatic carbocycles. The number of rotatable bonds is 30. The van der Waals surface area contributed by atoms with Crippen LogP contribution in [0.5, 0.6) is 0 Å². The summed E-state index contributed by atoms with van der Waals surface area (Å²) in [5.74, 6) is 2.23. The Morgan fingerprint density at radius 1 is 0.487 bits per heavy atom. The van der Waals surface area contributed by atoms with Gasteiger partial charge in [0.15, 0.2) is 0 Å². The molecule has 39 heavy (non-hydrogen) atoms. The molecule has 230 valence electrons. The number of unbranched alkanes of at least 4 members (excludes halogenated alkanes) is 22. The van der Waals surface area contributed by atoms with Crippen molar-refractivity contribution in [2.75, 3.05) is 0 Å². The standard InChI is InChI=1S/C37H72N2/c1-5-8-11-13-15-16-17-18-19-20-21-22-23-25-27-29-32-36(31-28-26-24-14-12-9-6-2)37-38-33-34-39(37)35(4)30-10-7-3/h33-36H,5-32H2,1-4H3/p+1. The van der Waals surface area contributed by atoms with Crippen LogP contribution in [-0.4, -0.2) is 4.98 Å². The number of imidazole rings is 1. The molecule has 0 bridgehead atoms. The normalized spacial score (nSPS) is 13.2. The summed E-state index contributed by atoms with van der Waals surface area (Å²) < 4.78 is 2.59. The number of hydrogen-bond donors (Lipinski definition) is 1. The molecular weight excluding hydrogens is 472 g/mol. The molecule has 0 aliphatic rings. The van der Waals surface area contributed by atoms with Crippen LogP contribution in [-0.2, 0) is 0 Å². The Bertz CT molecular complexity index is 606.